The number of hydrogen-bond acceptors (Lipinski definition) is 5. The van der Waals surface area contributed by atoms with Crippen LogP contribution in [0.25, 0.3) is 16.9 Å². The van der Waals surface area contributed by atoms with Gasteiger partial charge in [0.25, 0.3) is 0 Å². The molecule has 1 aliphatic rings. The van der Waals surface area contributed by atoms with E-state index in [-0.39, 0.29) is 6.54 Å². The van der Waals surface area contributed by atoms with Crippen LogP contribution in [0, 0.1) is 0 Å². The maximum Gasteiger partial charge on any atom is 0.416 e. The zero-order chi connectivity index (χ0) is 23.5. The molecule has 2 aromatic carbocycles. The molecule has 0 spiro atoms. The number of aliphatic imine (C=N–C) groups is 1. The summed E-state index contributed by atoms with van der Waals surface area (Å²) in [6.07, 6.45) is -2.94. The number of rotatable bonds is 5. The van der Waals surface area contributed by atoms with Crippen LogP contribution in [-0.2, 0) is 17.5 Å². The Hall–Kier alpha value is -3.72. The number of morpholine rings is 1. The summed E-state index contributed by atoms with van der Waals surface area (Å²) in [4.78, 5) is 11.3. The Morgan fingerprint density at radius 2 is 1.76 bits per heavy atom. The van der Waals surface area contributed by atoms with Crippen molar-refractivity contribution in [3.8, 4) is 11.3 Å². The summed E-state index contributed by atoms with van der Waals surface area (Å²) < 4.78 is 46.2. The zero-order valence-electron chi connectivity index (χ0n) is 18.2. The molecule has 1 saturated heterocycles. The molecule has 6 nitrogen and oxygen atoms in total. The first-order chi connectivity index (χ1) is 16.5. The van der Waals surface area contributed by atoms with Crippen molar-refractivity contribution >= 4 is 17.7 Å². The van der Waals surface area contributed by atoms with E-state index >= 15 is 0 Å². The molecule has 0 aliphatic carbocycles. The van der Waals surface area contributed by atoms with E-state index in [1.807, 2.05) is 47.0 Å². The first kappa shape index (κ1) is 22.1. The summed E-state index contributed by atoms with van der Waals surface area (Å²) in [6.45, 7) is 2.94. The molecule has 0 atom stereocenters. The van der Waals surface area contributed by atoms with Gasteiger partial charge in [0, 0.05) is 37.0 Å². The van der Waals surface area contributed by atoms with Crippen molar-refractivity contribution in [2.45, 2.75) is 12.7 Å². The lowest BCUT2D eigenvalue weighted by Gasteiger charge is -2.29. The van der Waals surface area contributed by atoms with E-state index in [1.54, 1.807) is 6.07 Å². The number of ether oxygens (including phenoxy) is 1. The highest BCUT2D eigenvalue weighted by Gasteiger charge is 2.30. The van der Waals surface area contributed by atoms with Crippen LogP contribution in [-0.4, -0.2) is 47.1 Å². The van der Waals surface area contributed by atoms with Gasteiger partial charge in [-0.25, -0.2) is 4.98 Å². The van der Waals surface area contributed by atoms with Crippen LogP contribution in [0.5, 0.6) is 0 Å². The first-order valence-corrected chi connectivity index (χ1v) is 10.9. The summed E-state index contributed by atoms with van der Waals surface area (Å²) in [7, 11) is 0. The van der Waals surface area contributed by atoms with E-state index in [9.17, 15) is 13.2 Å². The van der Waals surface area contributed by atoms with Gasteiger partial charge in [-0.1, -0.05) is 42.5 Å². The van der Waals surface area contributed by atoms with Gasteiger partial charge in [-0.15, -0.1) is 0 Å². The largest absolute Gasteiger partial charge is 0.416 e. The fourth-order valence-electron chi connectivity index (χ4n) is 3.90. The van der Waals surface area contributed by atoms with Crippen molar-refractivity contribution < 1.29 is 17.9 Å². The minimum Gasteiger partial charge on any atom is -0.378 e. The van der Waals surface area contributed by atoms with Crippen LogP contribution >= 0.6 is 0 Å². The van der Waals surface area contributed by atoms with Gasteiger partial charge < -0.3 is 9.64 Å². The van der Waals surface area contributed by atoms with Gasteiger partial charge in [0.2, 0.25) is 0 Å². The Balaban J connectivity index is 1.47. The molecule has 1 aliphatic heterocycles. The predicted octanol–water partition coefficient (Wildman–Crippen LogP) is 4.87. The topological polar surface area (TPSA) is 55.0 Å². The number of alkyl halides is 3. The van der Waals surface area contributed by atoms with Crippen LogP contribution in [0.3, 0.4) is 0 Å². The highest BCUT2D eigenvalue weighted by atomic mass is 19.4. The molecule has 0 radical (unpaired) electrons. The number of halogens is 3. The van der Waals surface area contributed by atoms with Crippen LogP contribution in [0.2, 0.25) is 0 Å². The van der Waals surface area contributed by atoms with Crippen molar-refractivity contribution in [1.29, 1.82) is 0 Å². The van der Waals surface area contributed by atoms with Crippen molar-refractivity contribution in [3.05, 3.63) is 83.6 Å². The molecule has 0 amide bonds. The Labute approximate surface area is 194 Å². The van der Waals surface area contributed by atoms with Gasteiger partial charge in [-0.2, -0.15) is 22.8 Å². The summed E-state index contributed by atoms with van der Waals surface area (Å²) in [5, 5.41) is 4.79. The third kappa shape index (κ3) is 4.79. The average molecular weight is 465 g/mol. The maximum atomic E-state index is 13.0. The number of aromatic nitrogens is 3. The van der Waals surface area contributed by atoms with Gasteiger partial charge in [0.15, 0.2) is 5.65 Å². The highest BCUT2D eigenvalue weighted by Crippen LogP contribution is 2.29. The van der Waals surface area contributed by atoms with E-state index < -0.39 is 11.7 Å². The molecule has 1 fully saturated rings. The monoisotopic (exact) mass is 465 g/mol. The normalized spacial score (nSPS) is 14.9. The Morgan fingerprint density at radius 3 is 2.53 bits per heavy atom. The summed E-state index contributed by atoms with van der Waals surface area (Å²) in [5.41, 5.74) is 2.89. The highest BCUT2D eigenvalue weighted by molar-refractivity contribution is 5.79. The second kappa shape index (κ2) is 9.26. The van der Waals surface area contributed by atoms with Crippen LogP contribution in [0.15, 0.2) is 71.7 Å². The lowest BCUT2D eigenvalue weighted by molar-refractivity contribution is -0.137. The van der Waals surface area contributed by atoms with Gasteiger partial charge >= 0.3 is 6.18 Å². The fraction of sp³-hybridized carbons (Fsp3) is 0.240. The van der Waals surface area contributed by atoms with Gasteiger partial charge in [-0.05, 0) is 17.7 Å². The number of benzene rings is 2. The molecule has 4 aromatic rings. The Kier molecular flexibility index (Phi) is 6.02. The molecule has 0 saturated carbocycles. The Bertz CT molecular complexity index is 1310. The minimum absolute atomic E-state index is 0.232. The van der Waals surface area contributed by atoms with Gasteiger partial charge in [-0.3, -0.25) is 4.99 Å². The van der Waals surface area contributed by atoms with E-state index in [1.165, 1.54) is 12.3 Å². The number of anilines is 1. The number of hydrogen-bond donors (Lipinski definition) is 0. The molecule has 3 heterocycles. The average Bonchev–Trinajstić information content (AvgIpc) is 3.29. The van der Waals surface area contributed by atoms with Crippen molar-refractivity contribution in [2.24, 2.45) is 4.99 Å². The summed E-state index contributed by atoms with van der Waals surface area (Å²) in [5.74, 6) is 0.889. The number of fused-ring (bicyclic) bond motifs is 1. The molecule has 0 N–H and O–H groups in total. The van der Waals surface area contributed by atoms with E-state index in [2.05, 4.69) is 9.89 Å². The van der Waals surface area contributed by atoms with Crippen LogP contribution in [0.1, 0.15) is 16.8 Å². The zero-order valence-corrected chi connectivity index (χ0v) is 18.2. The summed E-state index contributed by atoms with van der Waals surface area (Å²) >= 11 is 0. The van der Waals surface area contributed by atoms with Gasteiger partial charge in [0.05, 0.1) is 36.7 Å². The molecule has 2 aromatic heterocycles. The lowest BCUT2D eigenvalue weighted by Crippen LogP contribution is -2.37. The predicted molar refractivity (Wildman–Crippen MR) is 124 cm³/mol. The molecular weight excluding hydrogens is 443 g/mol. The molecule has 9 heteroatoms. The summed E-state index contributed by atoms with van der Waals surface area (Å²) in [6, 6.07) is 18.8. The third-order valence-electron chi connectivity index (χ3n) is 5.57. The molecule has 0 bridgehead atoms. The Morgan fingerprint density at radius 1 is 0.971 bits per heavy atom. The van der Waals surface area contributed by atoms with E-state index in [4.69, 9.17) is 14.8 Å². The second-order valence-electron chi connectivity index (χ2n) is 7.96. The standard InChI is InChI=1S/C25H22F3N5O/c26-25(27,28)20-8-4-5-18(13-20)16-29-17-21-14-24(32-9-11-34-12-10-32)33-23(30-21)15-22(31-33)19-6-2-1-3-7-19/h1-8,13-16H,9-12,17H2. The SMILES string of the molecule is FC(F)(F)c1cccc(C=NCc2cc(N3CCOCC3)n3nc(-c4ccccc4)cc3n2)c1. The number of nitrogens with zero attached hydrogens (tertiary/aromatic N) is 5. The van der Waals surface area contributed by atoms with E-state index in [0.29, 0.717) is 30.1 Å². The first-order valence-electron chi connectivity index (χ1n) is 10.9. The van der Waals surface area contributed by atoms with Crippen molar-refractivity contribution in [2.75, 3.05) is 31.2 Å². The van der Waals surface area contributed by atoms with Crippen molar-refractivity contribution in [3.63, 3.8) is 0 Å². The molecule has 0 unspecified atom stereocenters. The van der Waals surface area contributed by atoms with Crippen LogP contribution < -0.4 is 4.90 Å². The molecule has 5 rings (SSSR count). The van der Waals surface area contributed by atoms with Crippen molar-refractivity contribution in [1.82, 2.24) is 14.6 Å². The smallest absolute Gasteiger partial charge is 0.378 e. The quantitative estimate of drug-likeness (QED) is 0.395. The minimum atomic E-state index is -4.39. The van der Waals surface area contributed by atoms with Gasteiger partial charge in [0.1, 0.15) is 5.82 Å². The molecule has 34 heavy (non-hydrogen) atoms. The molecule has 174 valence electrons. The van der Waals surface area contributed by atoms with Crippen LogP contribution in [0.4, 0.5) is 19.0 Å². The van der Waals surface area contributed by atoms with E-state index in [0.717, 1.165) is 42.3 Å². The third-order valence-corrected chi connectivity index (χ3v) is 5.57. The maximum absolute atomic E-state index is 13.0. The molecular formula is C25H22F3N5O. The second-order valence-corrected chi connectivity index (χ2v) is 7.96. The lowest BCUT2D eigenvalue weighted by atomic mass is 10.1. The fourth-order valence-corrected chi connectivity index (χ4v) is 3.90.